The first kappa shape index (κ1) is 38.4. The van der Waals surface area contributed by atoms with Gasteiger partial charge in [0.15, 0.2) is 0 Å². The van der Waals surface area contributed by atoms with Gasteiger partial charge in [-0.2, -0.15) is 0 Å². The maximum absolute atomic E-state index is 11.9. The van der Waals surface area contributed by atoms with Crippen LogP contribution in [0.5, 0.6) is 11.5 Å². The highest BCUT2D eigenvalue weighted by Gasteiger charge is 2.22. The van der Waals surface area contributed by atoms with Gasteiger partial charge in [0.25, 0.3) is 0 Å². The highest BCUT2D eigenvalue weighted by molar-refractivity contribution is 6.03. The van der Waals surface area contributed by atoms with E-state index in [-0.39, 0.29) is 52.6 Å². The first-order chi connectivity index (χ1) is 25.5. The Kier molecular flexibility index (Phi) is 12.8. The summed E-state index contributed by atoms with van der Waals surface area (Å²) in [5, 5.41) is 40.3. The fourth-order valence-corrected chi connectivity index (χ4v) is 6.22. The Balaban J connectivity index is 1.57. The van der Waals surface area contributed by atoms with E-state index in [4.69, 9.17) is 13.9 Å². The highest BCUT2D eigenvalue weighted by atomic mass is 16.5. The van der Waals surface area contributed by atoms with E-state index >= 15 is 0 Å². The molecule has 0 radical (unpaired) electrons. The maximum Gasteiger partial charge on any atom is 0.323 e. The fraction of sp³-hybridized carbons (Fsp3) is 0.325. The second-order valence-corrected chi connectivity index (χ2v) is 12.6. The van der Waals surface area contributed by atoms with Crippen molar-refractivity contribution in [2.45, 2.75) is 13.8 Å². The molecular weight excluding hydrogens is 680 g/mol. The molecule has 2 aliphatic rings. The van der Waals surface area contributed by atoms with Gasteiger partial charge in [0.1, 0.15) is 49.1 Å². The van der Waals surface area contributed by atoms with Gasteiger partial charge in [-0.3, -0.25) is 14.6 Å². The zero-order chi connectivity index (χ0) is 38.1. The number of carboxylic acids is 2. The number of hydrogen-bond acceptors (Lipinski definition) is 11. The lowest BCUT2D eigenvalue weighted by molar-refractivity contribution is -0.136. The summed E-state index contributed by atoms with van der Waals surface area (Å²) in [6.45, 7) is 3.55. The van der Waals surface area contributed by atoms with Crippen molar-refractivity contribution in [1.82, 2.24) is 0 Å². The molecule has 0 bridgehead atoms. The fourth-order valence-electron chi connectivity index (χ4n) is 6.22. The molecule has 3 aromatic rings. The summed E-state index contributed by atoms with van der Waals surface area (Å²) < 4.78 is 19.0. The number of rotatable bonds is 18. The average Bonchev–Trinajstić information content (AvgIpc) is 3.11. The van der Waals surface area contributed by atoms with Gasteiger partial charge in [0.2, 0.25) is 0 Å². The number of carbonyl (C=O) groups is 2. The topological polar surface area (TPSA) is 169 Å². The summed E-state index contributed by atoms with van der Waals surface area (Å²) in [6, 6.07) is 22.8. The van der Waals surface area contributed by atoms with E-state index in [1.807, 2.05) is 87.4 Å². The van der Waals surface area contributed by atoms with Crippen molar-refractivity contribution in [3.05, 3.63) is 83.7 Å². The number of hydrogen-bond donors (Lipinski definition) is 4. The van der Waals surface area contributed by atoms with Gasteiger partial charge in [0, 0.05) is 68.1 Å². The summed E-state index contributed by atoms with van der Waals surface area (Å²) in [6.07, 6.45) is 0. The third-order valence-electron chi connectivity index (χ3n) is 8.58. The Hall–Kier alpha value is -5.79. The molecule has 0 saturated carbocycles. The predicted octanol–water partition coefficient (Wildman–Crippen LogP) is 4.72. The van der Waals surface area contributed by atoms with Gasteiger partial charge in [0.05, 0.1) is 29.9 Å². The standard InChI is InChI=1S/C40H46N4O9/c1-5-41-28-8-10-30-34(22-28)53-35-23-29(42(3)4)9-11-31(35)40(30)27-7-13-33(44(15-17-46)25-39(49)50)37(21-27)52-19-18-51-36-20-26(2)6-12-32(36)43(14-16-45)24-38(47)48/h6-13,20-23,45-46H,5,14-19,24-25H2,1-4H3,(H,47,48)(H,49,50). The van der Waals surface area contributed by atoms with Crippen molar-refractivity contribution in [1.29, 1.82) is 0 Å². The van der Waals surface area contributed by atoms with Crippen LogP contribution in [0.25, 0.3) is 33.4 Å². The SMILES string of the molecule is CCN=c1ccc2c(-c3ccc(N(CCO)CC(=O)O)c(OCCOc4cc(C)ccc4N(CCO)CC(=O)O)c3)c3ccc(N(C)C)cc3oc-2c1. The summed E-state index contributed by atoms with van der Waals surface area (Å²) in [5.41, 5.74) is 6.07. The van der Waals surface area contributed by atoms with Crippen LogP contribution in [0.4, 0.5) is 17.1 Å². The van der Waals surface area contributed by atoms with Gasteiger partial charge in [-0.15, -0.1) is 0 Å². The number of aliphatic carboxylic acids is 2. The number of aliphatic hydroxyl groups is 2. The quantitative estimate of drug-likeness (QED) is 0.0726. The molecule has 280 valence electrons. The highest BCUT2D eigenvalue weighted by Crippen LogP contribution is 2.43. The van der Waals surface area contributed by atoms with Crippen LogP contribution in [0.3, 0.4) is 0 Å². The number of ether oxygens (including phenoxy) is 2. The number of benzene rings is 4. The smallest absolute Gasteiger partial charge is 0.323 e. The largest absolute Gasteiger partial charge is 0.488 e. The number of aryl methyl sites for hydroxylation is 1. The molecule has 13 nitrogen and oxygen atoms in total. The number of aliphatic hydroxyl groups excluding tert-OH is 2. The summed E-state index contributed by atoms with van der Waals surface area (Å²) in [5.74, 6) is -0.649. The summed E-state index contributed by atoms with van der Waals surface area (Å²) >= 11 is 0. The van der Waals surface area contributed by atoms with Crippen molar-refractivity contribution < 1.29 is 43.9 Å². The second-order valence-electron chi connectivity index (χ2n) is 12.6. The van der Waals surface area contributed by atoms with Crippen LogP contribution in [0.1, 0.15) is 12.5 Å². The molecule has 3 aromatic carbocycles. The molecule has 4 N–H and O–H groups in total. The van der Waals surface area contributed by atoms with Crippen LogP contribution in [0, 0.1) is 6.92 Å². The number of anilines is 3. The number of carboxylic acid groups (broad SMARTS) is 2. The van der Waals surface area contributed by atoms with Gasteiger partial charge in [-0.1, -0.05) is 12.1 Å². The molecule has 0 atom stereocenters. The van der Waals surface area contributed by atoms with E-state index in [1.165, 1.54) is 9.80 Å². The van der Waals surface area contributed by atoms with Crippen LogP contribution in [0.2, 0.25) is 0 Å². The van der Waals surface area contributed by atoms with Crippen molar-refractivity contribution in [2.75, 3.05) is 87.9 Å². The molecule has 0 unspecified atom stereocenters. The van der Waals surface area contributed by atoms with Crippen molar-refractivity contribution >= 4 is 40.0 Å². The normalized spacial score (nSPS) is 11.5. The van der Waals surface area contributed by atoms with E-state index in [0.29, 0.717) is 40.8 Å². The van der Waals surface area contributed by atoms with E-state index in [9.17, 15) is 30.0 Å². The Morgan fingerprint density at radius 1 is 0.774 bits per heavy atom. The Bertz CT molecular complexity index is 2100. The van der Waals surface area contributed by atoms with Gasteiger partial charge >= 0.3 is 11.9 Å². The molecule has 0 spiro atoms. The first-order valence-corrected chi connectivity index (χ1v) is 17.4. The number of fused-ring (bicyclic) bond motifs is 2. The zero-order valence-corrected chi connectivity index (χ0v) is 30.4. The van der Waals surface area contributed by atoms with Crippen LogP contribution >= 0.6 is 0 Å². The minimum Gasteiger partial charge on any atom is -0.488 e. The van der Waals surface area contributed by atoms with Crippen LogP contribution in [-0.4, -0.2) is 106 Å². The third-order valence-corrected chi connectivity index (χ3v) is 8.58. The van der Waals surface area contributed by atoms with E-state index < -0.39 is 11.9 Å². The van der Waals surface area contributed by atoms with Crippen LogP contribution in [-0.2, 0) is 9.59 Å². The zero-order valence-electron chi connectivity index (χ0n) is 30.4. The van der Waals surface area contributed by atoms with Gasteiger partial charge in [-0.25, -0.2) is 0 Å². The number of nitrogens with zero attached hydrogens (tertiary/aromatic N) is 4. The van der Waals surface area contributed by atoms with Crippen molar-refractivity contribution in [3.8, 4) is 33.9 Å². The molecule has 1 aliphatic heterocycles. The lowest BCUT2D eigenvalue weighted by Crippen LogP contribution is -2.33. The lowest BCUT2D eigenvalue weighted by atomic mass is 9.93. The Labute approximate surface area is 307 Å². The third kappa shape index (κ3) is 9.36. The summed E-state index contributed by atoms with van der Waals surface area (Å²) in [4.78, 5) is 33.1. The molecule has 1 aliphatic carbocycles. The minimum atomic E-state index is -1.07. The van der Waals surface area contributed by atoms with E-state index in [1.54, 1.807) is 18.2 Å². The van der Waals surface area contributed by atoms with Gasteiger partial charge in [-0.05, 0) is 73.5 Å². The molecule has 0 aromatic heterocycles. The van der Waals surface area contributed by atoms with Crippen molar-refractivity contribution in [2.24, 2.45) is 4.99 Å². The van der Waals surface area contributed by atoms with Crippen LogP contribution in [0.15, 0.2) is 82.2 Å². The van der Waals surface area contributed by atoms with Crippen molar-refractivity contribution in [3.63, 3.8) is 0 Å². The molecule has 5 rings (SSSR count). The van der Waals surface area contributed by atoms with Crippen LogP contribution < -0.4 is 29.5 Å². The molecule has 1 heterocycles. The van der Waals surface area contributed by atoms with Gasteiger partial charge < -0.3 is 49.0 Å². The lowest BCUT2D eigenvalue weighted by Gasteiger charge is -2.26. The molecule has 0 amide bonds. The van der Waals surface area contributed by atoms with E-state index in [0.717, 1.165) is 38.7 Å². The summed E-state index contributed by atoms with van der Waals surface area (Å²) in [7, 11) is 3.92. The second kappa shape index (κ2) is 17.6. The molecule has 0 fully saturated rings. The first-order valence-electron chi connectivity index (χ1n) is 17.4. The molecule has 13 heteroatoms. The minimum absolute atomic E-state index is 0.0441. The van der Waals surface area contributed by atoms with E-state index in [2.05, 4.69) is 4.99 Å². The average molecular weight is 727 g/mol. The molecule has 0 saturated heterocycles. The predicted molar refractivity (Wildman–Crippen MR) is 205 cm³/mol. The molecule has 53 heavy (non-hydrogen) atoms. The Morgan fingerprint density at radius 2 is 1.40 bits per heavy atom. The Morgan fingerprint density at radius 3 is 1.98 bits per heavy atom. The maximum atomic E-state index is 11.9. The molecular formula is C40H46N4O9. The monoisotopic (exact) mass is 726 g/mol.